The molecular weight excluding hydrogens is 212 g/mol. The molecule has 2 N–H and O–H groups in total. The molecule has 1 heterocycles. The van der Waals surface area contributed by atoms with Gasteiger partial charge in [-0.2, -0.15) is 0 Å². The summed E-state index contributed by atoms with van der Waals surface area (Å²) in [5.41, 5.74) is 2.48. The Morgan fingerprint density at radius 2 is 1.47 bits per heavy atom. The van der Waals surface area contributed by atoms with Crippen LogP contribution in [0.3, 0.4) is 0 Å². The number of aryl methyl sites for hydroxylation is 2. The van der Waals surface area contributed by atoms with Crippen LogP contribution >= 0.6 is 0 Å². The normalized spacial score (nSPS) is 19.1. The summed E-state index contributed by atoms with van der Waals surface area (Å²) in [6.07, 6.45) is 12.8. The molecule has 0 unspecified atom stereocenters. The highest BCUT2D eigenvalue weighted by Gasteiger charge is 2.10. The standard InChI is InChI=1S/C14H24N2O/c17-11-14-15-12-9-7-5-3-1-2-4-6-8-10-13(12)16-14/h17H,1-11H2,(H,15,16). The molecule has 0 aliphatic heterocycles. The van der Waals surface area contributed by atoms with Gasteiger partial charge in [0, 0.05) is 5.69 Å². The number of hydrogen-bond donors (Lipinski definition) is 2. The van der Waals surface area contributed by atoms with Gasteiger partial charge in [0.15, 0.2) is 0 Å². The van der Waals surface area contributed by atoms with Gasteiger partial charge in [-0.05, 0) is 25.7 Å². The van der Waals surface area contributed by atoms with Crippen LogP contribution in [0.5, 0.6) is 0 Å². The number of aromatic amines is 1. The van der Waals surface area contributed by atoms with Crippen molar-refractivity contribution >= 4 is 0 Å². The molecule has 1 aromatic heterocycles. The first-order chi connectivity index (χ1) is 8.40. The Bertz CT molecular complexity index is 303. The molecule has 0 aromatic carbocycles. The van der Waals surface area contributed by atoms with E-state index in [0.29, 0.717) is 0 Å². The van der Waals surface area contributed by atoms with E-state index < -0.39 is 0 Å². The van der Waals surface area contributed by atoms with E-state index in [4.69, 9.17) is 5.11 Å². The Hall–Kier alpha value is -0.830. The lowest BCUT2D eigenvalue weighted by Crippen LogP contribution is -1.96. The van der Waals surface area contributed by atoms with Crippen molar-refractivity contribution in [1.29, 1.82) is 0 Å². The average Bonchev–Trinajstić information content (AvgIpc) is 2.72. The Morgan fingerprint density at radius 1 is 0.882 bits per heavy atom. The summed E-state index contributed by atoms with van der Waals surface area (Å²) in [6, 6.07) is 0. The molecule has 1 aromatic rings. The van der Waals surface area contributed by atoms with Gasteiger partial charge in [-0.15, -0.1) is 0 Å². The molecule has 0 bridgehead atoms. The maximum absolute atomic E-state index is 9.13. The van der Waals surface area contributed by atoms with Gasteiger partial charge >= 0.3 is 0 Å². The van der Waals surface area contributed by atoms with Gasteiger partial charge in [0.25, 0.3) is 0 Å². The summed E-state index contributed by atoms with van der Waals surface area (Å²) >= 11 is 0. The van der Waals surface area contributed by atoms with Crippen LogP contribution in [0.15, 0.2) is 0 Å². The Balaban J connectivity index is 2.01. The van der Waals surface area contributed by atoms with Crippen molar-refractivity contribution < 1.29 is 5.11 Å². The van der Waals surface area contributed by atoms with E-state index >= 15 is 0 Å². The summed E-state index contributed by atoms with van der Waals surface area (Å²) in [4.78, 5) is 7.77. The van der Waals surface area contributed by atoms with Crippen molar-refractivity contribution in [1.82, 2.24) is 9.97 Å². The first kappa shape index (κ1) is 12.6. The number of fused-ring (bicyclic) bond motifs is 1. The molecule has 0 amide bonds. The lowest BCUT2D eigenvalue weighted by atomic mass is 10.0. The van der Waals surface area contributed by atoms with Crippen LogP contribution in [0.2, 0.25) is 0 Å². The molecular formula is C14H24N2O. The highest BCUT2D eigenvalue weighted by Crippen LogP contribution is 2.17. The van der Waals surface area contributed by atoms with E-state index in [0.717, 1.165) is 18.7 Å². The third-order valence-corrected chi connectivity index (χ3v) is 3.65. The minimum Gasteiger partial charge on any atom is -0.388 e. The average molecular weight is 236 g/mol. The second kappa shape index (κ2) is 6.80. The van der Waals surface area contributed by atoms with E-state index in [9.17, 15) is 0 Å². The fraction of sp³-hybridized carbons (Fsp3) is 0.786. The van der Waals surface area contributed by atoms with E-state index in [1.165, 1.54) is 62.8 Å². The number of aromatic nitrogens is 2. The molecule has 0 spiro atoms. The van der Waals surface area contributed by atoms with Crippen molar-refractivity contribution in [3.05, 3.63) is 17.2 Å². The summed E-state index contributed by atoms with van der Waals surface area (Å²) in [7, 11) is 0. The zero-order valence-corrected chi connectivity index (χ0v) is 10.7. The molecule has 0 saturated heterocycles. The molecule has 96 valence electrons. The fourth-order valence-electron chi connectivity index (χ4n) is 2.65. The zero-order chi connectivity index (χ0) is 11.9. The zero-order valence-electron chi connectivity index (χ0n) is 10.7. The van der Waals surface area contributed by atoms with E-state index in [1.54, 1.807) is 0 Å². The number of nitrogens with one attached hydrogen (secondary N) is 1. The largest absolute Gasteiger partial charge is 0.388 e. The van der Waals surface area contributed by atoms with Gasteiger partial charge in [0.1, 0.15) is 12.4 Å². The highest BCUT2D eigenvalue weighted by molar-refractivity contribution is 5.15. The molecule has 0 saturated carbocycles. The predicted octanol–water partition coefficient (Wildman–Crippen LogP) is 3.12. The number of hydrogen-bond acceptors (Lipinski definition) is 2. The predicted molar refractivity (Wildman–Crippen MR) is 68.9 cm³/mol. The van der Waals surface area contributed by atoms with Crippen LogP contribution in [0.25, 0.3) is 0 Å². The van der Waals surface area contributed by atoms with Gasteiger partial charge in [0.2, 0.25) is 0 Å². The number of nitrogens with zero attached hydrogens (tertiary/aromatic N) is 1. The monoisotopic (exact) mass is 236 g/mol. The van der Waals surface area contributed by atoms with Crippen molar-refractivity contribution in [2.24, 2.45) is 0 Å². The maximum Gasteiger partial charge on any atom is 0.132 e. The van der Waals surface area contributed by atoms with Crippen LogP contribution in [-0.2, 0) is 19.4 Å². The number of imidazole rings is 1. The Morgan fingerprint density at radius 3 is 2.12 bits per heavy atom. The van der Waals surface area contributed by atoms with Crippen molar-refractivity contribution in [2.75, 3.05) is 0 Å². The third kappa shape index (κ3) is 3.84. The van der Waals surface area contributed by atoms with Crippen LogP contribution in [0.1, 0.15) is 68.6 Å². The number of rotatable bonds is 1. The molecule has 1 aliphatic carbocycles. The minimum atomic E-state index is 0.0347. The second-order valence-electron chi connectivity index (χ2n) is 5.10. The maximum atomic E-state index is 9.13. The lowest BCUT2D eigenvalue weighted by Gasteiger charge is -2.06. The van der Waals surface area contributed by atoms with Gasteiger partial charge < -0.3 is 10.1 Å². The highest BCUT2D eigenvalue weighted by atomic mass is 16.3. The molecule has 1 aliphatic rings. The number of aliphatic hydroxyl groups excluding tert-OH is 1. The summed E-state index contributed by atoms with van der Waals surface area (Å²) in [6.45, 7) is 0.0347. The topological polar surface area (TPSA) is 48.9 Å². The van der Waals surface area contributed by atoms with Gasteiger partial charge in [-0.1, -0.05) is 38.5 Å². The summed E-state index contributed by atoms with van der Waals surface area (Å²) in [5.74, 6) is 0.741. The van der Waals surface area contributed by atoms with Crippen molar-refractivity contribution in [3.63, 3.8) is 0 Å². The van der Waals surface area contributed by atoms with E-state index in [-0.39, 0.29) is 6.61 Å². The summed E-state index contributed by atoms with van der Waals surface area (Å²) < 4.78 is 0. The van der Waals surface area contributed by atoms with E-state index in [1.807, 2.05) is 0 Å². The summed E-state index contributed by atoms with van der Waals surface area (Å²) in [5, 5.41) is 9.13. The molecule has 0 atom stereocenters. The second-order valence-corrected chi connectivity index (χ2v) is 5.10. The molecule has 3 nitrogen and oxygen atoms in total. The first-order valence-electron chi connectivity index (χ1n) is 7.07. The van der Waals surface area contributed by atoms with Crippen LogP contribution < -0.4 is 0 Å². The van der Waals surface area contributed by atoms with E-state index in [2.05, 4.69) is 9.97 Å². The molecule has 17 heavy (non-hydrogen) atoms. The first-order valence-corrected chi connectivity index (χ1v) is 7.07. The van der Waals surface area contributed by atoms with Crippen LogP contribution in [0, 0.1) is 0 Å². The quantitative estimate of drug-likeness (QED) is 0.787. The minimum absolute atomic E-state index is 0.0347. The van der Waals surface area contributed by atoms with Crippen LogP contribution in [-0.4, -0.2) is 15.1 Å². The molecule has 0 fully saturated rings. The van der Waals surface area contributed by atoms with Crippen LogP contribution in [0.4, 0.5) is 0 Å². The SMILES string of the molecule is OCc1nc2c([nH]1)CCCCCCCCCC2. The number of H-pyrrole nitrogens is 1. The molecule has 3 heteroatoms. The smallest absolute Gasteiger partial charge is 0.132 e. The third-order valence-electron chi connectivity index (χ3n) is 3.65. The van der Waals surface area contributed by atoms with Crippen molar-refractivity contribution in [3.8, 4) is 0 Å². The Kier molecular flexibility index (Phi) is 5.05. The number of aliphatic hydroxyl groups is 1. The fourth-order valence-corrected chi connectivity index (χ4v) is 2.65. The Labute approximate surface area is 104 Å². The van der Waals surface area contributed by atoms with Crippen molar-refractivity contribution in [2.45, 2.75) is 70.8 Å². The lowest BCUT2D eigenvalue weighted by molar-refractivity contribution is 0.272. The molecule has 2 rings (SSSR count). The van der Waals surface area contributed by atoms with Gasteiger partial charge in [0.05, 0.1) is 5.69 Å². The molecule has 0 radical (unpaired) electrons. The van der Waals surface area contributed by atoms with Gasteiger partial charge in [-0.25, -0.2) is 4.98 Å². The van der Waals surface area contributed by atoms with Gasteiger partial charge in [-0.3, -0.25) is 0 Å².